The first-order valence-corrected chi connectivity index (χ1v) is 7.54. The van der Waals surface area contributed by atoms with E-state index in [9.17, 15) is 0 Å². The van der Waals surface area contributed by atoms with Gasteiger partial charge >= 0.3 is 0 Å². The Morgan fingerprint density at radius 1 is 1.59 bits per heavy atom. The summed E-state index contributed by atoms with van der Waals surface area (Å²) in [5.74, 6) is 1.01. The molecule has 0 spiro atoms. The molecule has 0 bridgehead atoms. The van der Waals surface area contributed by atoms with Crippen LogP contribution in [0.2, 0.25) is 0 Å². The Kier molecular flexibility index (Phi) is 3.22. The largest absolute Gasteiger partial charge is 0.348 e. The quantitative estimate of drug-likeness (QED) is 0.895. The lowest BCUT2D eigenvalue weighted by Gasteiger charge is -2.27. The molecule has 2 atom stereocenters. The lowest BCUT2D eigenvalue weighted by atomic mass is 10.1. The van der Waals surface area contributed by atoms with E-state index in [0.29, 0.717) is 11.3 Å². The number of nitrogens with zero attached hydrogens (tertiary/aromatic N) is 1. The molecule has 2 N–H and O–H groups in total. The third-order valence-corrected chi connectivity index (χ3v) is 5.32. The highest BCUT2D eigenvalue weighted by Gasteiger charge is 2.25. The molecule has 0 fully saturated rings. The molecule has 2 aromatic rings. The zero-order valence-electron chi connectivity index (χ0n) is 9.64. The van der Waals surface area contributed by atoms with E-state index < -0.39 is 0 Å². The number of aromatic amines is 1. The highest BCUT2D eigenvalue weighted by molar-refractivity contribution is 8.01. The molecule has 90 valence electrons. The molecule has 5 heteroatoms. The zero-order valence-corrected chi connectivity index (χ0v) is 11.3. The van der Waals surface area contributed by atoms with Gasteiger partial charge in [-0.2, -0.15) is 0 Å². The summed E-state index contributed by atoms with van der Waals surface area (Å²) < 4.78 is 1.47. The van der Waals surface area contributed by atoms with Gasteiger partial charge in [0.2, 0.25) is 0 Å². The van der Waals surface area contributed by atoms with E-state index in [4.69, 9.17) is 0 Å². The average Bonchev–Trinajstić information content (AvgIpc) is 2.95. The van der Waals surface area contributed by atoms with Crippen molar-refractivity contribution >= 4 is 23.1 Å². The molecule has 3 rings (SSSR count). The Morgan fingerprint density at radius 3 is 3.35 bits per heavy atom. The number of rotatable bonds is 3. The molecule has 3 nitrogen and oxygen atoms in total. The average molecular weight is 265 g/mol. The Hall–Kier alpha value is -0.780. The van der Waals surface area contributed by atoms with E-state index in [2.05, 4.69) is 33.7 Å². The summed E-state index contributed by atoms with van der Waals surface area (Å²) in [6.07, 6.45) is 4.86. The Morgan fingerprint density at radius 2 is 2.53 bits per heavy atom. The van der Waals surface area contributed by atoms with Gasteiger partial charge in [0, 0.05) is 23.7 Å². The van der Waals surface area contributed by atoms with Crippen LogP contribution in [0, 0.1) is 0 Å². The first-order chi connectivity index (χ1) is 8.33. The fourth-order valence-corrected chi connectivity index (χ4v) is 4.72. The van der Waals surface area contributed by atoms with Crippen LogP contribution in [-0.2, 0) is 6.54 Å². The molecule has 1 aliphatic heterocycles. The van der Waals surface area contributed by atoms with Crippen LogP contribution >= 0.6 is 23.1 Å². The first-order valence-electron chi connectivity index (χ1n) is 5.78. The Balaban J connectivity index is 1.71. The van der Waals surface area contributed by atoms with Crippen molar-refractivity contribution in [2.24, 2.45) is 0 Å². The minimum absolute atomic E-state index is 0.470. The number of fused-ring (bicyclic) bond motifs is 1. The van der Waals surface area contributed by atoms with E-state index in [1.54, 1.807) is 6.20 Å². The van der Waals surface area contributed by atoms with Crippen molar-refractivity contribution in [3.05, 3.63) is 35.2 Å². The monoisotopic (exact) mass is 265 g/mol. The standard InChI is InChI=1S/C12H15N3S2/c1-8-6-10(9-2-5-16-12(9)17-8)15-7-11-13-3-4-14-11/h2-5,8,10,15H,6-7H2,1H3,(H,13,14)/t8-,10?/m0/s1. The van der Waals surface area contributed by atoms with Crippen LogP contribution in [0.5, 0.6) is 0 Å². The van der Waals surface area contributed by atoms with E-state index in [0.717, 1.165) is 12.4 Å². The fraction of sp³-hybridized carbons (Fsp3) is 0.417. The fourth-order valence-electron chi connectivity index (χ4n) is 2.16. The first kappa shape index (κ1) is 11.3. The lowest BCUT2D eigenvalue weighted by molar-refractivity contribution is 0.481. The van der Waals surface area contributed by atoms with Crippen molar-refractivity contribution < 1.29 is 0 Å². The van der Waals surface area contributed by atoms with Crippen LogP contribution in [0.25, 0.3) is 0 Å². The maximum atomic E-state index is 4.24. The zero-order chi connectivity index (χ0) is 11.7. The van der Waals surface area contributed by atoms with Crippen LogP contribution in [0.3, 0.4) is 0 Å². The van der Waals surface area contributed by atoms with Gasteiger partial charge in [-0.25, -0.2) is 4.98 Å². The minimum Gasteiger partial charge on any atom is -0.348 e. The van der Waals surface area contributed by atoms with Crippen LogP contribution in [0.4, 0.5) is 0 Å². The second-order valence-corrected chi connectivity index (χ2v) is 6.92. The van der Waals surface area contributed by atoms with Gasteiger partial charge in [0.05, 0.1) is 10.8 Å². The molecule has 0 amide bonds. The molecule has 1 aliphatic rings. The molecular weight excluding hydrogens is 250 g/mol. The van der Waals surface area contributed by atoms with E-state index in [1.165, 1.54) is 16.2 Å². The van der Waals surface area contributed by atoms with Crippen molar-refractivity contribution in [1.82, 2.24) is 15.3 Å². The summed E-state index contributed by atoms with van der Waals surface area (Å²) in [6, 6.07) is 2.72. The van der Waals surface area contributed by atoms with Gasteiger partial charge in [0.25, 0.3) is 0 Å². The molecule has 1 unspecified atom stereocenters. The molecule has 17 heavy (non-hydrogen) atoms. The van der Waals surface area contributed by atoms with Gasteiger partial charge in [0.1, 0.15) is 5.82 Å². The summed E-state index contributed by atoms with van der Waals surface area (Å²) in [6.45, 7) is 3.11. The number of nitrogens with one attached hydrogen (secondary N) is 2. The molecule has 0 saturated carbocycles. The summed E-state index contributed by atoms with van der Waals surface area (Å²) in [7, 11) is 0. The van der Waals surface area contributed by atoms with Crippen molar-refractivity contribution in [2.75, 3.05) is 0 Å². The van der Waals surface area contributed by atoms with E-state index >= 15 is 0 Å². The van der Waals surface area contributed by atoms with Gasteiger partial charge in [-0.05, 0) is 23.4 Å². The molecule has 0 radical (unpaired) electrons. The number of thioether (sulfide) groups is 1. The molecule has 2 aromatic heterocycles. The third-order valence-electron chi connectivity index (χ3n) is 2.98. The summed E-state index contributed by atoms with van der Waals surface area (Å²) in [5.41, 5.74) is 1.46. The molecule has 0 aromatic carbocycles. The van der Waals surface area contributed by atoms with Gasteiger partial charge in [-0.3, -0.25) is 0 Å². The number of hydrogen-bond donors (Lipinski definition) is 2. The topological polar surface area (TPSA) is 40.7 Å². The number of H-pyrrole nitrogens is 1. The second-order valence-electron chi connectivity index (χ2n) is 4.30. The highest BCUT2D eigenvalue weighted by atomic mass is 32.2. The van der Waals surface area contributed by atoms with E-state index in [-0.39, 0.29) is 0 Å². The normalized spacial score (nSPS) is 23.6. The van der Waals surface area contributed by atoms with Crippen LogP contribution in [0.1, 0.15) is 30.8 Å². The van der Waals surface area contributed by atoms with Crippen molar-refractivity contribution in [3.8, 4) is 0 Å². The van der Waals surface area contributed by atoms with Gasteiger partial charge < -0.3 is 10.3 Å². The van der Waals surface area contributed by atoms with Crippen molar-refractivity contribution in [2.45, 2.75) is 35.4 Å². The molecule has 0 aliphatic carbocycles. The number of hydrogen-bond acceptors (Lipinski definition) is 4. The predicted molar refractivity (Wildman–Crippen MR) is 72.4 cm³/mol. The Labute approximate surface area is 109 Å². The summed E-state index contributed by atoms with van der Waals surface area (Å²) >= 11 is 3.86. The van der Waals surface area contributed by atoms with Crippen molar-refractivity contribution in [1.29, 1.82) is 0 Å². The maximum absolute atomic E-state index is 4.24. The summed E-state index contributed by atoms with van der Waals surface area (Å²) in [5, 5.41) is 6.48. The molecule has 3 heterocycles. The third kappa shape index (κ3) is 2.41. The summed E-state index contributed by atoms with van der Waals surface area (Å²) in [4.78, 5) is 7.37. The smallest absolute Gasteiger partial charge is 0.120 e. The predicted octanol–water partition coefficient (Wildman–Crippen LogP) is 3.19. The minimum atomic E-state index is 0.470. The van der Waals surface area contributed by atoms with Crippen LogP contribution in [-0.4, -0.2) is 15.2 Å². The van der Waals surface area contributed by atoms with Gasteiger partial charge in [0.15, 0.2) is 0 Å². The van der Waals surface area contributed by atoms with Crippen molar-refractivity contribution in [3.63, 3.8) is 0 Å². The molecular formula is C12H15N3S2. The SMILES string of the molecule is C[C@H]1CC(NCc2ncc[nH]2)c2ccsc2S1. The van der Waals surface area contributed by atoms with E-state index in [1.807, 2.05) is 29.3 Å². The Bertz CT molecular complexity index is 478. The lowest BCUT2D eigenvalue weighted by Crippen LogP contribution is -2.26. The van der Waals surface area contributed by atoms with Crippen LogP contribution < -0.4 is 5.32 Å². The number of imidazole rings is 1. The number of aromatic nitrogens is 2. The second kappa shape index (κ2) is 4.84. The number of thiophene rings is 1. The van der Waals surface area contributed by atoms with Crippen LogP contribution in [0.15, 0.2) is 28.0 Å². The van der Waals surface area contributed by atoms with Gasteiger partial charge in [-0.15, -0.1) is 23.1 Å². The van der Waals surface area contributed by atoms with Gasteiger partial charge in [-0.1, -0.05) is 6.92 Å². The highest BCUT2D eigenvalue weighted by Crippen LogP contribution is 2.43. The molecule has 0 saturated heterocycles. The maximum Gasteiger partial charge on any atom is 0.120 e.